The molecule has 2 heterocycles. The predicted molar refractivity (Wildman–Crippen MR) is 97.3 cm³/mol. The fourth-order valence-electron chi connectivity index (χ4n) is 2.32. The van der Waals surface area contributed by atoms with Gasteiger partial charge in [-0.05, 0) is 56.2 Å². The first-order valence-electron chi connectivity index (χ1n) is 8.02. The lowest BCUT2D eigenvalue weighted by atomic mass is 10.1. The van der Waals surface area contributed by atoms with Gasteiger partial charge in [0, 0.05) is 23.5 Å². The number of hydrogen-bond donors (Lipinski definition) is 2. The first kappa shape index (κ1) is 17.3. The van der Waals surface area contributed by atoms with Crippen LogP contribution in [-0.4, -0.2) is 22.0 Å². The summed E-state index contributed by atoms with van der Waals surface area (Å²) in [5, 5.41) is 9.09. The monoisotopic (exact) mass is 350 g/mol. The molecule has 0 aliphatic carbocycles. The molecule has 2 amide bonds. The van der Waals surface area contributed by atoms with E-state index in [0.29, 0.717) is 22.8 Å². The van der Waals surface area contributed by atoms with Crippen LogP contribution in [0.2, 0.25) is 0 Å². The van der Waals surface area contributed by atoms with Gasteiger partial charge < -0.3 is 15.2 Å². The third-order valence-corrected chi connectivity index (χ3v) is 3.89. The number of aryl methyl sites for hydroxylation is 3. The summed E-state index contributed by atoms with van der Waals surface area (Å²) in [5.74, 6) is 0.0789. The maximum absolute atomic E-state index is 12.4. The number of hydrogen-bond acceptors (Lipinski definition) is 5. The highest BCUT2D eigenvalue weighted by Crippen LogP contribution is 2.16. The van der Waals surface area contributed by atoms with E-state index in [1.54, 1.807) is 19.1 Å². The summed E-state index contributed by atoms with van der Waals surface area (Å²) >= 11 is 0. The lowest BCUT2D eigenvalue weighted by Gasteiger charge is -2.08. The lowest BCUT2D eigenvalue weighted by molar-refractivity contribution is 0.102. The third-order valence-electron chi connectivity index (χ3n) is 3.89. The molecule has 26 heavy (non-hydrogen) atoms. The number of pyridine rings is 1. The fourth-order valence-corrected chi connectivity index (χ4v) is 2.32. The van der Waals surface area contributed by atoms with Crippen LogP contribution in [0.1, 0.15) is 37.7 Å². The second-order valence-electron chi connectivity index (χ2n) is 5.96. The Labute approximate surface area is 150 Å². The molecule has 0 radical (unpaired) electrons. The van der Waals surface area contributed by atoms with Crippen molar-refractivity contribution < 1.29 is 14.1 Å². The summed E-state index contributed by atoms with van der Waals surface area (Å²) in [7, 11) is 0. The van der Waals surface area contributed by atoms with Crippen molar-refractivity contribution in [2.75, 3.05) is 10.6 Å². The topological polar surface area (TPSA) is 97.1 Å². The van der Waals surface area contributed by atoms with Crippen LogP contribution in [0.15, 0.2) is 47.1 Å². The molecule has 1 aromatic carbocycles. The van der Waals surface area contributed by atoms with Crippen molar-refractivity contribution in [3.8, 4) is 0 Å². The SMILES string of the molecule is Cc1cc(NC(=O)c2cc(C(=O)Nc3ccc(C)c(C)c3)ccn2)no1. The Morgan fingerprint density at radius 2 is 1.73 bits per heavy atom. The Morgan fingerprint density at radius 1 is 0.923 bits per heavy atom. The Balaban J connectivity index is 1.74. The fraction of sp³-hybridized carbons (Fsp3) is 0.158. The molecule has 2 N–H and O–H groups in total. The van der Waals surface area contributed by atoms with Crippen LogP contribution in [0, 0.1) is 20.8 Å². The number of anilines is 2. The van der Waals surface area contributed by atoms with Gasteiger partial charge in [-0.1, -0.05) is 11.2 Å². The molecule has 0 saturated carbocycles. The second kappa shape index (κ2) is 7.18. The Hall–Kier alpha value is -3.48. The molecular weight excluding hydrogens is 332 g/mol. The smallest absolute Gasteiger partial charge is 0.275 e. The van der Waals surface area contributed by atoms with Crippen LogP contribution in [0.25, 0.3) is 0 Å². The number of nitrogens with zero attached hydrogens (tertiary/aromatic N) is 2. The van der Waals surface area contributed by atoms with Crippen molar-refractivity contribution in [2.24, 2.45) is 0 Å². The lowest BCUT2D eigenvalue weighted by Crippen LogP contribution is -2.17. The van der Waals surface area contributed by atoms with Crippen LogP contribution >= 0.6 is 0 Å². The van der Waals surface area contributed by atoms with E-state index in [-0.39, 0.29) is 11.6 Å². The molecule has 0 aliphatic rings. The van der Waals surface area contributed by atoms with Gasteiger partial charge in [0.05, 0.1) is 0 Å². The van der Waals surface area contributed by atoms with Crippen LogP contribution < -0.4 is 10.6 Å². The zero-order chi connectivity index (χ0) is 18.7. The average Bonchev–Trinajstić information content (AvgIpc) is 3.03. The molecule has 0 atom stereocenters. The summed E-state index contributed by atoms with van der Waals surface area (Å²) in [6.07, 6.45) is 1.41. The highest BCUT2D eigenvalue weighted by molar-refractivity contribution is 6.07. The van der Waals surface area contributed by atoms with Crippen LogP contribution in [0.4, 0.5) is 11.5 Å². The molecule has 3 rings (SSSR count). The molecular formula is C19H18N4O3. The minimum absolute atomic E-state index is 0.110. The molecule has 0 saturated heterocycles. The molecule has 0 bridgehead atoms. The molecule has 0 aliphatic heterocycles. The second-order valence-corrected chi connectivity index (χ2v) is 5.96. The normalized spacial score (nSPS) is 10.4. The van der Waals surface area contributed by atoms with Crippen LogP contribution in [0.5, 0.6) is 0 Å². The standard InChI is InChI=1S/C19H18N4O3/c1-11-4-5-15(8-12(11)2)21-18(24)14-6-7-20-16(10-14)19(25)22-17-9-13(3)26-23-17/h4-10H,1-3H3,(H,21,24)(H,22,23,25). The summed E-state index contributed by atoms with van der Waals surface area (Å²) in [6.45, 7) is 5.70. The number of nitrogens with one attached hydrogen (secondary N) is 2. The zero-order valence-electron chi connectivity index (χ0n) is 14.7. The van der Waals surface area contributed by atoms with Gasteiger partial charge in [0.1, 0.15) is 11.5 Å². The number of carbonyl (C=O) groups excluding carboxylic acids is 2. The maximum Gasteiger partial charge on any atom is 0.275 e. The van der Waals surface area contributed by atoms with Gasteiger partial charge in [0.15, 0.2) is 5.82 Å². The van der Waals surface area contributed by atoms with E-state index in [2.05, 4.69) is 20.8 Å². The Bertz CT molecular complexity index is 978. The van der Waals surface area contributed by atoms with Gasteiger partial charge in [0.2, 0.25) is 0 Å². The summed E-state index contributed by atoms with van der Waals surface area (Å²) in [5.41, 5.74) is 3.37. The van der Waals surface area contributed by atoms with E-state index in [1.165, 1.54) is 12.3 Å². The molecule has 0 fully saturated rings. The molecule has 7 nitrogen and oxygen atoms in total. The molecule has 132 valence electrons. The van der Waals surface area contributed by atoms with E-state index < -0.39 is 5.91 Å². The number of benzene rings is 1. The maximum atomic E-state index is 12.4. The highest BCUT2D eigenvalue weighted by atomic mass is 16.5. The number of rotatable bonds is 4. The van der Waals surface area contributed by atoms with Crippen molar-refractivity contribution in [1.29, 1.82) is 0 Å². The van der Waals surface area contributed by atoms with Crippen LogP contribution in [0.3, 0.4) is 0 Å². The molecule has 0 spiro atoms. The van der Waals surface area contributed by atoms with Crippen LogP contribution in [-0.2, 0) is 0 Å². The minimum atomic E-state index is -0.473. The van der Waals surface area contributed by atoms with Crippen molar-refractivity contribution in [1.82, 2.24) is 10.1 Å². The zero-order valence-corrected chi connectivity index (χ0v) is 14.7. The van der Waals surface area contributed by atoms with E-state index in [9.17, 15) is 9.59 Å². The average molecular weight is 350 g/mol. The first-order chi connectivity index (χ1) is 12.4. The summed E-state index contributed by atoms with van der Waals surface area (Å²) < 4.78 is 4.90. The van der Waals surface area contributed by atoms with Gasteiger partial charge >= 0.3 is 0 Å². The first-order valence-corrected chi connectivity index (χ1v) is 8.02. The van der Waals surface area contributed by atoms with E-state index >= 15 is 0 Å². The van der Waals surface area contributed by atoms with Crippen molar-refractivity contribution in [3.63, 3.8) is 0 Å². The van der Waals surface area contributed by atoms with Crippen molar-refractivity contribution in [3.05, 3.63) is 70.7 Å². The summed E-state index contributed by atoms with van der Waals surface area (Å²) in [6, 6.07) is 10.2. The van der Waals surface area contributed by atoms with E-state index in [0.717, 1.165) is 11.1 Å². The number of aromatic nitrogens is 2. The number of amides is 2. The van der Waals surface area contributed by atoms with Gasteiger partial charge in [-0.15, -0.1) is 0 Å². The molecule has 3 aromatic rings. The van der Waals surface area contributed by atoms with Gasteiger partial charge in [-0.3, -0.25) is 14.6 Å². The molecule has 7 heteroatoms. The largest absolute Gasteiger partial charge is 0.360 e. The highest BCUT2D eigenvalue weighted by Gasteiger charge is 2.14. The minimum Gasteiger partial charge on any atom is -0.360 e. The van der Waals surface area contributed by atoms with Gasteiger partial charge in [-0.25, -0.2) is 0 Å². The Morgan fingerprint density at radius 3 is 2.42 bits per heavy atom. The number of carbonyl (C=O) groups is 2. The third kappa shape index (κ3) is 3.94. The molecule has 2 aromatic heterocycles. The molecule has 0 unspecified atom stereocenters. The van der Waals surface area contributed by atoms with E-state index in [1.807, 2.05) is 32.0 Å². The van der Waals surface area contributed by atoms with Gasteiger partial charge in [0.25, 0.3) is 11.8 Å². The Kier molecular flexibility index (Phi) is 4.79. The quantitative estimate of drug-likeness (QED) is 0.750. The predicted octanol–water partition coefficient (Wildman–Crippen LogP) is 3.50. The van der Waals surface area contributed by atoms with Gasteiger partial charge in [-0.2, -0.15) is 0 Å². The van der Waals surface area contributed by atoms with Crippen molar-refractivity contribution in [2.45, 2.75) is 20.8 Å². The summed E-state index contributed by atoms with van der Waals surface area (Å²) in [4.78, 5) is 28.7. The van der Waals surface area contributed by atoms with Crippen molar-refractivity contribution >= 4 is 23.3 Å². The van der Waals surface area contributed by atoms with E-state index in [4.69, 9.17) is 4.52 Å².